The van der Waals surface area contributed by atoms with E-state index in [0.717, 1.165) is 6.29 Å². The summed E-state index contributed by atoms with van der Waals surface area (Å²) in [6, 6.07) is 0. The molecule has 0 unspecified atom stereocenters. The van der Waals surface area contributed by atoms with E-state index in [-0.39, 0.29) is 0 Å². The van der Waals surface area contributed by atoms with Crippen molar-refractivity contribution < 1.29 is 9.18 Å². The molecule has 0 atom stereocenters. The Balaban J connectivity index is 0. The maximum absolute atomic E-state index is 9.50. The van der Waals surface area contributed by atoms with Gasteiger partial charge in [0, 0.05) is 6.42 Å². The van der Waals surface area contributed by atoms with Crippen molar-refractivity contribution >= 4 is 6.29 Å². The number of carbonyl (C=O) groups is 1. The summed E-state index contributed by atoms with van der Waals surface area (Å²) in [7, 11) is 0.500. The SMILES string of the molecule is CCC=O.CF. The maximum Gasteiger partial charge on any atom is 0.119 e. The van der Waals surface area contributed by atoms with E-state index in [1.54, 1.807) is 0 Å². The fourth-order valence-electron chi connectivity index (χ4n) is 0. The Morgan fingerprint density at radius 2 is 1.83 bits per heavy atom. The van der Waals surface area contributed by atoms with E-state index in [1.165, 1.54) is 0 Å². The summed E-state index contributed by atoms with van der Waals surface area (Å²) in [5.41, 5.74) is 0. The first-order valence-corrected chi connectivity index (χ1v) is 1.73. The molecule has 0 aliphatic carbocycles. The average molecular weight is 92.1 g/mol. The molecule has 0 N–H and O–H groups in total. The lowest BCUT2D eigenvalue weighted by Crippen LogP contribution is -1.55. The van der Waals surface area contributed by atoms with Gasteiger partial charge in [0.1, 0.15) is 6.29 Å². The number of hydrogen-bond donors (Lipinski definition) is 0. The minimum Gasteiger partial charge on any atom is -0.303 e. The second-order valence-corrected chi connectivity index (χ2v) is 0.575. The minimum atomic E-state index is 0.500. The summed E-state index contributed by atoms with van der Waals surface area (Å²) < 4.78 is 9.50. The molecule has 38 valence electrons. The summed E-state index contributed by atoms with van der Waals surface area (Å²) in [5, 5.41) is 0. The topological polar surface area (TPSA) is 17.1 Å². The van der Waals surface area contributed by atoms with Crippen molar-refractivity contribution in [2.75, 3.05) is 7.18 Å². The van der Waals surface area contributed by atoms with E-state index in [4.69, 9.17) is 0 Å². The molecule has 1 nitrogen and oxygen atoms in total. The predicted molar refractivity (Wildman–Crippen MR) is 23.4 cm³/mol. The molecule has 0 spiro atoms. The van der Waals surface area contributed by atoms with Gasteiger partial charge in [0.15, 0.2) is 0 Å². The van der Waals surface area contributed by atoms with E-state index in [0.29, 0.717) is 13.6 Å². The van der Waals surface area contributed by atoms with Crippen molar-refractivity contribution in [1.29, 1.82) is 0 Å². The lowest BCUT2D eigenvalue weighted by Gasteiger charge is -1.51. The fourth-order valence-corrected chi connectivity index (χ4v) is 0. The van der Waals surface area contributed by atoms with Crippen molar-refractivity contribution in [3.63, 3.8) is 0 Å². The zero-order valence-corrected chi connectivity index (χ0v) is 4.07. The number of aldehydes is 1. The van der Waals surface area contributed by atoms with Crippen molar-refractivity contribution in [3.05, 3.63) is 0 Å². The summed E-state index contributed by atoms with van der Waals surface area (Å²) in [5.74, 6) is 0. The first kappa shape index (κ1) is 9.14. The van der Waals surface area contributed by atoms with Crippen LogP contribution in [-0.4, -0.2) is 13.5 Å². The molecule has 2 heteroatoms. The Kier molecular flexibility index (Phi) is 35.5. The maximum atomic E-state index is 9.50. The van der Waals surface area contributed by atoms with Gasteiger partial charge in [-0.15, -0.1) is 0 Å². The number of carbonyl (C=O) groups excluding carboxylic acids is 1. The van der Waals surface area contributed by atoms with Crippen LogP contribution >= 0.6 is 0 Å². The van der Waals surface area contributed by atoms with Crippen LogP contribution in [0.2, 0.25) is 0 Å². The van der Waals surface area contributed by atoms with Crippen LogP contribution in [0.5, 0.6) is 0 Å². The Labute approximate surface area is 37.2 Å². The van der Waals surface area contributed by atoms with Crippen LogP contribution in [0.3, 0.4) is 0 Å². The third kappa shape index (κ3) is 67.6. The molecule has 0 bridgehead atoms. The first-order chi connectivity index (χ1) is 2.91. The van der Waals surface area contributed by atoms with E-state index < -0.39 is 0 Å². The highest BCUT2D eigenvalue weighted by molar-refractivity contribution is 5.48. The summed E-state index contributed by atoms with van der Waals surface area (Å²) in [6.45, 7) is 1.81. The van der Waals surface area contributed by atoms with Crippen molar-refractivity contribution in [2.45, 2.75) is 13.3 Å². The van der Waals surface area contributed by atoms with E-state index in [1.807, 2.05) is 6.92 Å². The molecule has 0 saturated heterocycles. The third-order valence-electron chi connectivity index (χ3n) is 0.167. The van der Waals surface area contributed by atoms with Gasteiger partial charge in [-0.05, 0) is 0 Å². The highest BCUT2D eigenvalue weighted by Gasteiger charge is 1.52. The second kappa shape index (κ2) is 23.3. The van der Waals surface area contributed by atoms with E-state index in [9.17, 15) is 9.18 Å². The molecule has 0 heterocycles. The predicted octanol–water partition coefficient (Wildman–Crippen LogP) is 1.18. The molecule has 6 heavy (non-hydrogen) atoms. The molecule has 0 aliphatic heterocycles. The second-order valence-electron chi connectivity index (χ2n) is 0.575. The van der Waals surface area contributed by atoms with Crippen LogP contribution in [0, 0.1) is 0 Å². The van der Waals surface area contributed by atoms with Gasteiger partial charge in [0.2, 0.25) is 0 Å². The number of hydrogen-bond acceptors (Lipinski definition) is 1. The first-order valence-electron chi connectivity index (χ1n) is 1.73. The monoisotopic (exact) mass is 92.1 g/mol. The molecular weight excluding hydrogens is 83.0 g/mol. The largest absolute Gasteiger partial charge is 0.303 e. The normalized spacial score (nSPS) is 5.17. The Morgan fingerprint density at radius 1 is 1.67 bits per heavy atom. The van der Waals surface area contributed by atoms with Gasteiger partial charge >= 0.3 is 0 Å². The van der Waals surface area contributed by atoms with Crippen molar-refractivity contribution in [1.82, 2.24) is 0 Å². The number of alkyl halides is 1. The lowest BCUT2D eigenvalue weighted by atomic mass is 10.6. The van der Waals surface area contributed by atoms with Crippen LogP contribution in [0.1, 0.15) is 13.3 Å². The van der Waals surface area contributed by atoms with Gasteiger partial charge in [-0.1, -0.05) is 6.92 Å². The van der Waals surface area contributed by atoms with Crippen LogP contribution in [-0.2, 0) is 4.79 Å². The number of rotatable bonds is 1. The van der Waals surface area contributed by atoms with Gasteiger partial charge < -0.3 is 4.79 Å². The molecule has 0 aromatic rings. The van der Waals surface area contributed by atoms with Crippen LogP contribution in [0.25, 0.3) is 0 Å². The standard InChI is InChI=1S/C3H6O.CH3F/c1-2-3-4;1-2/h3H,2H2,1H3;1H3. The van der Waals surface area contributed by atoms with E-state index in [2.05, 4.69) is 0 Å². The lowest BCUT2D eigenvalue weighted by molar-refractivity contribution is -0.107. The smallest absolute Gasteiger partial charge is 0.119 e. The summed E-state index contributed by atoms with van der Waals surface area (Å²) in [4.78, 5) is 9.17. The molecular formula is C4H9FO. The Morgan fingerprint density at radius 3 is 1.83 bits per heavy atom. The fraction of sp³-hybridized carbons (Fsp3) is 0.750. The zero-order chi connectivity index (χ0) is 5.41. The Hall–Kier alpha value is -0.400. The quantitative estimate of drug-likeness (QED) is 0.444. The molecule has 0 aliphatic rings. The Bertz CT molecular complexity index is 21.5. The summed E-state index contributed by atoms with van der Waals surface area (Å²) in [6.07, 6.45) is 1.51. The number of halogens is 1. The molecule has 0 amide bonds. The van der Waals surface area contributed by atoms with Crippen LogP contribution in [0.4, 0.5) is 4.39 Å². The average Bonchev–Trinajstić information content (AvgIpc) is 1.72. The molecule has 0 fully saturated rings. The van der Waals surface area contributed by atoms with Gasteiger partial charge in [0.05, 0.1) is 7.18 Å². The van der Waals surface area contributed by atoms with Gasteiger partial charge in [-0.3, -0.25) is 4.39 Å². The van der Waals surface area contributed by atoms with Gasteiger partial charge in [0.25, 0.3) is 0 Å². The van der Waals surface area contributed by atoms with Gasteiger partial charge in [-0.25, -0.2) is 0 Å². The minimum absolute atomic E-state index is 0.500. The van der Waals surface area contributed by atoms with Crippen molar-refractivity contribution in [2.24, 2.45) is 0 Å². The molecule has 0 radical (unpaired) electrons. The molecule has 0 rings (SSSR count). The van der Waals surface area contributed by atoms with Gasteiger partial charge in [-0.2, -0.15) is 0 Å². The highest BCUT2D eigenvalue weighted by atomic mass is 19.1. The zero-order valence-electron chi connectivity index (χ0n) is 4.07. The van der Waals surface area contributed by atoms with Crippen LogP contribution in [0.15, 0.2) is 0 Å². The highest BCUT2D eigenvalue weighted by Crippen LogP contribution is 1.53. The third-order valence-corrected chi connectivity index (χ3v) is 0.167. The molecule has 0 aromatic heterocycles. The summed E-state index contributed by atoms with van der Waals surface area (Å²) >= 11 is 0. The van der Waals surface area contributed by atoms with E-state index >= 15 is 0 Å². The molecule has 0 saturated carbocycles. The van der Waals surface area contributed by atoms with Crippen LogP contribution < -0.4 is 0 Å². The van der Waals surface area contributed by atoms with Crippen molar-refractivity contribution in [3.8, 4) is 0 Å². The molecule has 0 aromatic carbocycles.